The first-order valence-electron chi connectivity index (χ1n) is 5.13. The van der Waals surface area contributed by atoms with E-state index in [1.54, 1.807) is 0 Å². The molecule has 16 heavy (non-hydrogen) atoms. The van der Waals surface area contributed by atoms with Crippen LogP contribution >= 0.6 is 22.9 Å². The van der Waals surface area contributed by atoms with Crippen LogP contribution in [-0.2, 0) is 4.79 Å². The van der Waals surface area contributed by atoms with E-state index in [2.05, 4.69) is 0 Å². The Kier molecular flexibility index (Phi) is 4.77. The average Bonchev–Trinajstić information content (AvgIpc) is 2.59. The molecule has 90 valence electrons. The molecule has 0 amide bonds. The van der Waals surface area contributed by atoms with Crippen LogP contribution in [0.25, 0.3) is 0 Å². The fourth-order valence-corrected chi connectivity index (χ4v) is 2.63. The normalized spacial score (nSPS) is 13.4. The van der Waals surface area contributed by atoms with Crippen LogP contribution in [0.3, 0.4) is 0 Å². The number of halogens is 1. The first kappa shape index (κ1) is 13.5. The molecule has 0 aliphatic carbocycles. The van der Waals surface area contributed by atoms with E-state index in [1.165, 1.54) is 11.3 Å². The zero-order valence-electron chi connectivity index (χ0n) is 9.61. The van der Waals surface area contributed by atoms with Crippen LogP contribution in [0, 0.1) is 0 Å². The molecule has 1 N–H and O–H groups in total. The highest BCUT2D eigenvalue weighted by molar-refractivity contribution is 7.14. The Morgan fingerprint density at radius 3 is 2.56 bits per heavy atom. The van der Waals surface area contributed by atoms with Gasteiger partial charge in [-0.3, -0.25) is 9.69 Å². The van der Waals surface area contributed by atoms with E-state index in [1.807, 2.05) is 37.1 Å². The van der Waals surface area contributed by atoms with Gasteiger partial charge in [0.1, 0.15) is 0 Å². The summed E-state index contributed by atoms with van der Waals surface area (Å²) in [4.78, 5) is 12.7. The Bertz CT molecular complexity index is 365. The minimum absolute atomic E-state index is 0.0479. The Balaban J connectivity index is 2.82. The second-order valence-corrected chi connectivity index (χ2v) is 5.56. The molecule has 1 aromatic heterocycles. The molecular weight excluding hydrogens is 246 g/mol. The van der Waals surface area contributed by atoms with Gasteiger partial charge in [0.2, 0.25) is 0 Å². The lowest BCUT2D eigenvalue weighted by Gasteiger charge is -2.30. The molecule has 0 aromatic carbocycles. The van der Waals surface area contributed by atoms with Crippen molar-refractivity contribution in [3.8, 4) is 0 Å². The van der Waals surface area contributed by atoms with Gasteiger partial charge in [0.15, 0.2) is 0 Å². The highest BCUT2D eigenvalue weighted by atomic mass is 35.5. The number of rotatable bonds is 5. The van der Waals surface area contributed by atoms with Gasteiger partial charge in [0, 0.05) is 12.1 Å². The number of aliphatic carboxylic acids is 1. The molecule has 0 saturated carbocycles. The predicted molar refractivity (Wildman–Crippen MR) is 67.2 cm³/mol. The molecule has 1 heterocycles. The van der Waals surface area contributed by atoms with Crippen LogP contribution in [0.1, 0.15) is 32.4 Å². The van der Waals surface area contributed by atoms with Gasteiger partial charge >= 0.3 is 5.97 Å². The zero-order valence-corrected chi connectivity index (χ0v) is 11.2. The van der Waals surface area contributed by atoms with Crippen LogP contribution in [0.4, 0.5) is 0 Å². The highest BCUT2D eigenvalue weighted by Gasteiger charge is 2.21. The molecule has 3 nitrogen and oxygen atoms in total. The maximum atomic E-state index is 10.8. The summed E-state index contributed by atoms with van der Waals surface area (Å²) in [6.07, 6.45) is 0. The van der Waals surface area contributed by atoms with Crippen LogP contribution in [0.2, 0.25) is 4.34 Å². The fourth-order valence-electron chi connectivity index (χ4n) is 1.66. The third-order valence-corrected chi connectivity index (χ3v) is 3.66. The maximum Gasteiger partial charge on any atom is 0.317 e. The summed E-state index contributed by atoms with van der Waals surface area (Å²) in [6.45, 7) is 6.04. The summed E-state index contributed by atoms with van der Waals surface area (Å²) in [7, 11) is 0. The molecule has 0 spiro atoms. The topological polar surface area (TPSA) is 40.5 Å². The minimum atomic E-state index is -0.804. The zero-order chi connectivity index (χ0) is 12.3. The van der Waals surface area contributed by atoms with E-state index in [-0.39, 0.29) is 18.6 Å². The molecule has 0 aliphatic heterocycles. The van der Waals surface area contributed by atoms with Crippen molar-refractivity contribution in [2.45, 2.75) is 32.9 Å². The SMILES string of the molecule is CC(C)N(CC(=O)O)C(C)c1csc(Cl)c1. The van der Waals surface area contributed by atoms with E-state index >= 15 is 0 Å². The van der Waals surface area contributed by atoms with Gasteiger partial charge in [-0.1, -0.05) is 11.6 Å². The van der Waals surface area contributed by atoms with Gasteiger partial charge in [-0.25, -0.2) is 0 Å². The van der Waals surface area contributed by atoms with Crippen molar-refractivity contribution < 1.29 is 9.90 Å². The Morgan fingerprint density at radius 1 is 1.56 bits per heavy atom. The summed E-state index contributed by atoms with van der Waals surface area (Å²) in [6, 6.07) is 2.15. The van der Waals surface area contributed by atoms with Crippen molar-refractivity contribution in [3.05, 3.63) is 21.3 Å². The van der Waals surface area contributed by atoms with Gasteiger partial charge in [-0.2, -0.15) is 0 Å². The molecule has 0 bridgehead atoms. The van der Waals surface area contributed by atoms with Gasteiger partial charge in [0.25, 0.3) is 0 Å². The summed E-state index contributed by atoms with van der Waals surface area (Å²) in [5.74, 6) is -0.804. The largest absolute Gasteiger partial charge is 0.480 e. The number of thiophene rings is 1. The fraction of sp³-hybridized carbons (Fsp3) is 0.545. The number of nitrogens with zero attached hydrogens (tertiary/aromatic N) is 1. The van der Waals surface area contributed by atoms with Crippen molar-refractivity contribution in [2.75, 3.05) is 6.54 Å². The second-order valence-electron chi connectivity index (χ2n) is 4.02. The van der Waals surface area contributed by atoms with Crippen LogP contribution < -0.4 is 0 Å². The second kappa shape index (κ2) is 5.66. The van der Waals surface area contributed by atoms with E-state index in [9.17, 15) is 4.79 Å². The van der Waals surface area contributed by atoms with Crippen molar-refractivity contribution >= 4 is 28.9 Å². The van der Waals surface area contributed by atoms with Crippen molar-refractivity contribution in [3.63, 3.8) is 0 Å². The molecule has 0 aliphatic rings. The lowest BCUT2D eigenvalue weighted by atomic mass is 10.1. The number of carbonyl (C=O) groups is 1. The van der Waals surface area contributed by atoms with Crippen LogP contribution in [0.5, 0.6) is 0 Å². The van der Waals surface area contributed by atoms with Crippen molar-refractivity contribution in [1.82, 2.24) is 4.90 Å². The molecule has 0 saturated heterocycles. The Labute approximate surface area is 105 Å². The lowest BCUT2D eigenvalue weighted by molar-refractivity contribution is -0.139. The summed E-state index contributed by atoms with van der Waals surface area (Å²) < 4.78 is 0.737. The van der Waals surface area contributed by atoms with Crippen molar-refractivity contribution in [2.24, 2.45) is 0 Å². The number of hydrogen-bond acceptors (Lipinski definition) is 3. The van der Waals surface area contributed by atoms with Gasteiger partial charge < -0.3 is 5.11 Å². The van der Waals surface area contributed by atoms with Gasteiger partial charge in [-0.15, -0.1) is 11.3 Å². The smallest absolute Gasteiger partial charge is 0.317 e. The Hall–Kier alpha value is -0.580. The molecular formula is C11H16ClNO2S. The van der Waals surface area contributed by atoms with E-state index in [4.69, 9.17) is 16.7 Å². The number of hydrogen-bond donors (Lipinski definition) is 1. The molecule has 1 atom stereocenters. The third kappa shape index (κ3) is 3.47. The molecule has 1 aromatic rings. The monoisotopic (exact) mass is 261 g/mol. The van der Waals surface area contributed by atoms with Crippen molar-refractivity contribution in [1.29, 1.82) is 0 Å². The van der Waals surface area contributed by atoms with Crippen LogP contribution in [-0.4, -0.2) is 28.6 Å². The average molecular weight is 262 g/mol. The van der Waals surface area contributed by atoms with Gasteiger partial charge in [0.05, 0.1) is 10.9 Å². The van der Waals surface area contributed by atoms with Gasteiger partial charge in [-0.05, 0) is 37.8 Å². The molecule has 0 radical (unpaired) electrons. The lowest BCUT2D eigenvalue weighted by Crippen LogP contribution is -2.37. The molecule has 0 fully saturated rings. The number of carboxylic acids is 1. The standard InChI is InChI=1S/C11H16ClNO2S/c1-7(2)13(5-11(14)15)8(3)9-4-10(12)16-6-9/h4,6-8H,5H2,1-3H3,(H,14,15). The molecule has 5 heteroatoms. The first-order valence-corrected chi connectivity index (χ1v) is 6.39. The van der Waals surface area contributed by atoms with Crippen LogP contribution in [0.15, 0.2) is 11.4 Å². The highest BCUT2D eigenvalue weighted by Crippen LogP contribution is 2.29. The summed E-state index contributed by atoms with van der Waals surface area (Å²) >= 11 is 7.35. The maximum absolute atomic E-state index is 10.8. The third-order valence-electron chi connectivity index (χ3n) is 2.55. The minimum Gasteiger partial charge on any atom is -0.480 e. The molecule has 1 unspecified atom stereocenters. The Morgan fingerprint density at radius 2 is 2.19 bits per heavy atom. The summed E-state index contributed by atoms with van der Waals surface area (Å²) in [5, 5.41) is 10.8. The van der Waals surface area contributed by atoms with E-state index in [0.717, 1.165) is 9.90 Å². The number of carboxylic acid groups (broad SMARTS) is 1. The van der Waals surface area contributed by atoms with E-state index in [0.29, 0.717) is 0 Å². The molecule has 1 rings (SSSR count). The quantitative estimate of drug-likeness (QED) is 0.885. The van der Waals surface area contributed by atoms with E-state index < -0.39 is 5.97 Å². The predicted octanol–water partition coefficient (Wildman–Crippen LogP) is 3.26. The first-order chi connectivity index (χ1) is 7.41. The summed E-state index contributed by atoms with van der Waals surface area (Å²) in [5.41, 5.74) is 1.07.